The van der Waals surface area contributed by atoms with Crippen molar-refractivity contribution in [3.63, 3.8) is 0 Å². The Hall–Kier alpha value is -1.95. The summed E-state index contributed by atoms with van der Waals surface area (Å²) in [5, 5.41) is 4.24. The first-order valence-electron chi connectivity index (χ1n) is 7.46. The summed E-state index contributed by atoms with van der Waals surface area (Å²) < 4.78 is 12.1. The fraction of sp³-hybridized carbons (Fsp3) is 0.562. The lowest BCUT2D eigenvalue weighted by atomic mass is 9.97. The van der Waals surface area contributed by atoms with E-state index in [2.05, 4.69) is 5.10 Å². The lowest BCUT2D eigenvalue weighted by Gasteiger charge is -2.22. The molecule has 0 N–H and O–H groups in total. The maximum atomic E-state index is 11.6. The average Bonchev–Trinajstić information content (AvgIpc) is 2.94. The predicted octanol–water partition coefficient (Wildman–Crippen LogP) is 2.71. The highest BCUT2D eigenvalue weighted by atomic mass is 16.6. The van der Waals surface area contributed by atoms with Crippen molar-refractivity contribution in [1.82, 2.24) is 9.78 Å². The van der Waals surface area contributed by atoms with Crippen molar-refractivity contribution in [2.75, 3.05) is 6.61 Å². The van der Waals surface area contributed by atoms with Crippen molar-refractivity contribution in [3.05, 3.63) is 24.0 Å². The molecule has 0 radical (unpaired) electrons. The van der Waals surface area contributed by atoms with Gasteiger partial charge in [0.1, 0.15) is 6.23 Å². The number of esters is 2. The summed E-state index contributed by atoms with van der Waals surface area (Å²) in [6.45, 7) is 5.83. The summed E-state index contributed by atoms with van der Waals surface area (Å²) >= 11 is 0. The van der Waals surface area contributed by atoms with Crippen LogP contribution >= 0.6 is 0 Å². The molecule has 1 unspecified atom stereocenters. The lowest BCUT2D eigenvalue weighted by Crippen LogP contribution is -2.25. The molecule has 2 heterocycles. The summed E-state index contributed by atoms with van der Waals surface area (Å²) in [7, 11) is 0. The zero-order chi connectivity index (χ0) is 16.2. The number of carbonyl (C=O) groups excluding carboxylic acids is 2. The number of hydrogen-bond acceptors (Lipinski definition) is 5. The molecule has 0 amide bonds. The Labute approximate surface area is 130 Å². The van der Waals surface area contributed by atoms with Crippen molar-refractivity contribution < 1.29 is 19.1 Å². The normalized spacial score (nSPS) is 19.3. The molecule has 1 aromatic rings. The van der Waals surface area contributed by atoms with Crippen LogP contribution in [-0.4, -0.2) is 28.3 Å². The Balaban J connectivity index is 1.91. The highest BCUT2D eigenvalue weighted by Crippen LogP contribution is 2.22. The fourth-order valence-corrected chi connectivity index (χ4v) is 1.97. The van der Waals surface area contributed by atoms with Crippen LogP contribution in [0.4, 0.5) is 0 Å². The zero-order valence-electron chi connectivity index (χ0n) is 13.2. The van der Waals surface area contributed by atoms with Gasteiger partial charge >= 0.3 is 11.9 Å². The van der Waals surface area contributed by atoms with Gasteiger partial charge in [-0.3, -0.25) is 4.79 Å². The van der Waals surface area contributed by atoms with E-state index in [0.717, 1.165) is 31.4 Å². The van der Waals surface area contributed by atoms with Gasteiger partial charge < -0.3 is 9.47 Å². The third-order valence-electron chi connectivity index (χ3n) is 3.29. The van der Waals surface area contributed by atoms with Gasteiger partial charge in [-0.15, -0.1) is 0 Å². The molecule has 0 bridgehead atoms. The van der Waals surface area contributed by atoms with E-state index in [1.54, 1.807) is 37.7 Å². The van der Waals surface area contributed by atoms with Gasteiger partial charge in [-0.05, 0) is 46.1 Å². The average molecular weight is 306 g/mol. The minimum absolute atomic E-state index is 0.0367. The second-order valence-electron chi connectivity index (χ2n) is 6.37. The Kier molecular flexibility index (Phi) is 5.13. The maximum Gasteiger partial charge on any atom is 0.338 e. The molecule has 0 aliphatic carbocycles. The van der Waals surface area contributed by atoms with Crippen LogP contribution < -0.4 is 0 Å². The van der Waals surface area contributed by atoms with Crippen molar-refractivity contribution in [2.45, 2.75) is 46.3 Å². The van der Waals surface area contributed by atoms with E-state index in [1.807, 2.05) is 6.20 Å². The van der Waals surface area contributed by atoms with E-state index >= 15 is 0 Å². The van der Waals surface area contributed by atoms with E-state index in [4.69, 9.17) is 9.47 Å². The van der Waals surface area contributed by atoms with E-state index in [-0.39, 0.29) is 6.23 Å². The molecule has 0 aromatic carbocycles. The molecule has 0 saturated carbocycles. The largest absolute Gasteiger partial charge is 0.389 e. The number of rotatable bonds is 3. The van der Waals surface area contributed by atoms with E-state index in [1.165, 1.54) is 6.08 Å². The van der Waals surface area contributed by atoms with Gasteiger partial charge in [0.05, 0.1) is 11.6 Å². The van der Waals surface area contributed by atoms with Crippen molar-refractivity contribution >= 4 is 18.0 Å². The second kappa shape index (κ2) is 6.87. The standard InChI is InChI=1S/C16H22N2O4/c1-16(2,3)15(20)22-14(19)8-7-12-10-17-18(11-12)13-6-4-5-9-21-13/h7-8,10-11,13H,4-6,9H2,1-3H3/b8-7+. The number of aromatic nitrogens is 2. The molecule has 6 heteroatoms. The molecule has 22 heavy (non-hydrogen) atoms. The molecule has 6 nitrogen and oxygen atoms in total. The molecule has 1 aliphatic rings. The van der Waals surface area contributed by atoms with Crippen LogP contribution in [0.5, 0.6) is 0 Å². The van der Waals surface area contributed by atoms with Crippen LogP contribution in [-0.2, 0) is 19.1 Å². The first kappa shape index (κ1) is 16.4. The van der Waals surface area contributed by atoms with Gasteiger partial charge in [-0.1, -0.05) is 0 Å². The van der Waals surface area contributed by atoms with Gasteiger partial charge in [0.2, 0.25) is 0 Å². The first-order chi connectivity index (χ1) is 10.4. The predicted molar refractivity (Wildman–Crippen MR) is 80.7 cm³/mol. The molecular weight excluding hydrogens is 284 g/mol. The molecule has 2 rings (SSSR count). The van der Waals surface area contributed by atoms with Crippen LogP contribution in [0.1, 0.15) is 51.8 Å². The van der Waals surface area contributed by atoms with Gasteiger partial charge in [0, 0.05) is 24.4 Å². The van der Waals surface area contributed by atoms with Gasteiger partial charge in [-0.2, -0.15) is 5.10 Å². The Morgan fingerprint density at radius 1 is 1.41 bits per heavy atom. The second-order valence-corrected chi connectivity index (χ2v) is 6.37. The van der Waals surface area contributed by atoms with Crippen LogP contribution in [0.25, 0.3) is 6.08 Å². The Morgan fingerprint density at radius 3 is 2.82 bits per heavy atom. The van der Waals surface area contributed by atoms with Gasteiger partial charge in [0.25, 0.3) is 0 Å². The zero-order valence-corrected chi connectivity index (χ0v) is 13.2. The van der Waals surface area contributed by atoms with E-state index < -0.39 is 17.4 Å². The number of hydrogen-bond donors (Lipinski definition) is 0. The summed E-state index contributed by atoms with van der Waals surface area (Å²) in [6, 6.07) is 0. The fourth-order valence-electron chi connectivity index (χ4n) is 1.97. The van der Waals surface area contributed by atoms with Crippen molar-refractivity contribution in [3.8, 4) is 0 Å². The first-order valence-corrected chi connectivity index (χ1v) is 7.46. The molecule has 120 valence electrons. The number of nitrogens with zero attached hydrogens (tertiary/aromatic N) is 2. The summed E-state index contributed by atoms with van der Waals surface area (Å²) in [5.41, 5.74) is 0.0570. The summed E-state index contributed by atoms with van der Waals surface area (Å²) in [6.07, 6.45) is 9.36. The van der Waals surface area contributed by atoms with E-state index in [0.29, 0.717) is 0 Å². The Bertz CT molecular complexity index is 563. The highest BCUT2D eigenvalue weighted by Gasteiger charge is 2.24. The molecule has 1 aliphatic heterocycles. The monoisotopic (exact) mass is 306 g/mol. The Morgan fingerprint density at radius 2 is 2.18 bits per heavy atom. The van der Waals surface area contributed by atoms with Crippen LogP contribution in [0, 0.1) is 5.41 Å². The van der Waals surface area contributed by atoms with Crippen molar-refractivity contribution in [2.24, 2.45) is 5.41 Å². The molecule has 1 fully saturated rings. The van der Waals surface area contributed by atoms with Gasteiger partial charge in [0.15, 0.2) is 0 Å². The van der Waals surface area contributed by atoms with Crippen molar-refractivity contribution in [1.29, 1.82) is 0 Å². The molecular formula is C16H22N2O4. The quantitative estimate of drug-likeness (QED) is 0.488. The molecule has 1 aromatic heterocycles. The minimum atomic E-state index is -0.702. The number of ether oxygens (including phenoxy) is 2. The van der Waals surface area contributed by atoms with Crippen LogP contribution in [0.3, 0.4) is 0 Å². The lowest BCUT2D eigenvalue weighted by molar-refractivity contribution is -0.162. The minimum Gasteiger partial charge on any atom is -0.389 e. The molecule has 1 saturated heterocycles. The van der Waals surface area contributed by atoms with Crippen LogP contribution in [0.15, 0.2) is 18.5 Å². The third-order valence-corrected chi connectivity index (χ3v) is 3.29. The summed E-state index contributed by atoms with van der Waals surface area (Å²) in [5.74, 6) is -1.23. The van der Waals surface area contributed by atoms with Gasteiger partial charge in [-0.25, -0.2) is 9.48 Å². The highest BCUT2D eigenvalue weighted by molar-refractivity contribution is 5.96. The summed E-state index contributed by atoms with van der Waals surface area (Å²) in [4.78, 5) is 23.2. The van der Waals surface area contributed by atoms with Crippen LogP contribution in [0.2, 0.25) is 0 Å². The molecule has 1 atom stereocenters. The topological polar surface area (TPSA) is 70.4 Å². The van der Waals surface area contributed by atoms with E-state index in [9.17, 15) is 9.59 Å². The maximum absolute atomic E-state index is 11.6. The third kappa shape index (κ3) is 4.53. The molecule has 0 spiro atoms. The smallest absolute Gasteiger partial charge is 0.338 e. The number of carbonyl (C=O) groups is 2. The SMILES string of the molecule is CC(C)(C)C(=O)OC(=O)/C=C/c1cnn(C2CCCCO2)c1.